The van der Waals surface area contributed by atoms with Crippen LogP contribution in [0.4, 0.5) is 19.4 Å². The van der Waals surface area contributed by atoms with Crippen molar-refractivity contribution in [2.24, 2.45) is 0 Å². The van der Waals surface area contributed by atoms with Crippen molar-refractivity contribution in [1.82, 2.24) is 14.5 Å². The van der Waals surface area contributed by atoms with Crippen molar-refractivity contribution in [3.05, 3.63) is 77.7 Å². The van der Waals surface area contributed by atoms with Crippen LogP contribution >= 0.6 is 0 Å². The van der Waals surface area contributed by atoms with Gasteiger partial charge in [-0.3, -0.25) is 4.90 Å². The van der Waals surface area contributed by atoms with E-state index in [0.717, 1.165) is 0 Å². The Morgan fingerprint density at radius 1 is 1.17 bits per heavy atom. The van der Waals surface area contributed by atoms with Gasteiger partial charge in [-0.15, -0.1) is 0 Å². The molecule has 1 aliphatic rings. The topological polar surface area (TPSA) is 103 Å². The van der Waals surface area contributed by atoms with Crippen LogP contribution in [0, 0.1) is 11.3 Å². The number of fused-ring (bicyclic) bond motifs is 1. The molecule has 0 atom stereocenters. The Balaban J connectivity index is 1.46. The molecule has 9 nitrogen and oxygen atoms in total. The second-order valence-corrected chi connectivity index (χ2v) is 7.82. The lowest BCUT2D eigenvalue weighted by Crippen LogP contribution is -2.24. The zero-order chi connectivity index (χ0) is 25.1. The third-order valence-corrected chi connectivity index (χ3v) is 5.60. The van der Waals surface area contributed by atoms with Crippen molar-refractivity contribution in [3.8, 4) is 17.6 Å². The first-order chi connectivity index (χ1) is 17.5. The zero-order valence-corrected chi connectivity index (χ0v) is 18.8. The van der Waals surface area contributed by atoms with Crippen molar-refractivity contribution in [1.29, 1.82) is 5.26 Å². The number of rotatable bonds is 8. The average Bonchev–Trinajstić information content (AvgIpc) is 3.46. The van der Waals surface area contributed by atoms with Crippen LogP contribution in [0.25, 0.3) is 11.0 Å². The number of halogens is 2. The molecule has 1 saturated heterocycles. The van der Waals surface area contributed by atoms with Gasteiger partial charge in [0.1, 0.15) is 36.4 Å². The summed E-state index contributed by atoms with van der Waals surface area (Å²) < 4.78 is 43.3. The average molecular weight is 491 g/mol. The first-order valence-corrected chi connectivity index (χ1v) is 11.0. The molecule has 0 N–H and O–H groups in total. The number of benzene rings is 2. The molecule has 0 bridgehead atoms. The smallest absolute Gasteiger partial charge is 0.415 e. The molecule has 36 heavy (non-hydrogen) atoms. The highest BCUT2D eigenvalue weighted by molar-refractivity contribution is 5.88. The van der Waals surface area contributed by atoms with Gasteiger partial charge in [0.2, 0.25) is 0 Å². The van der Waals surface area contributed by atoms with Crippen LogP contribution in [-0.2, 0) is 17.9 Å². The van der Waals surface area contributed by atoms with Gasteiger partial charge in [0, 0.05) is 17.8 Å². The van der Waals surface area contributed by atoms with E-state index in [4.69, 9.17) is 14.2 Å². The number of nitrogens with zero attached hydrogens (tertiary/aromatic N) is 5. The number of amides is 1. The number of cyclic esters (lactones) is 1. The lowest BCUT2D eigenvalue weighted by molar-refractivity contribution is -0.0504. The molecule has 182 valence electrons. The van der Waals surface area contributed by atoms with E-state index in [1.54, 1.807) is 53.1 Å². The SMILES string of the molecule is N#Cc1ccc2nc(COc3ccnc(N4CCOC4=O)c3)n(Cc3ccccc3OC(F)F)c2c1. The standard InChI is InChI=1S/C25H19F2N5O4/c26-24(27)36-21-4-2-1-3-17(21)14-32-20-11-16(13-28)5-6-19(20)30-23(32)15-35-18-7-8-29-22(12-18)31-9-10-34-25(31)33/h1-8,11-12,24H,9-10,14-15H2. The van der Waals surface area contributed by atoms with Gasteiger partial charge in [-0.2, -0.15) is 14.0 Å². The summed E-state index contributed by atoms with van der Waals surface area (Å²) in [7, 11) is 0. The Kier molecular flexibility index (Phi) is 6.32. The fraction of sp³-hybridized carbons (Fsp3) is 0.200. The summed E-state index contributed by atoms with van der Waals surface area (Å²) in [6.07, 6.45) is 1.05. The van der Waals surface area contributed by atoms with Gasteiger partial charge in [0.25, 0.3) is 0 Å². The van der Waals surface area contributed by atoms with Crippen molar-refractivity contribution in [2.45, 2.75) is 19.8 Å². The maximum atomic E-state index is 13.0. The summed E-state index contributed by atoms with van der Waals surface area (Å²) in [5.41, 5.74) is 2.22. The monoisotopic (exact) mass is 491 g/mol. The Morgan fingerprint density at radius 2 is 2.03 bits per heavy atom. The summed E-state index contributed by atoms with van der Waals surface area (Å²) in [6.45, 7) is -2.09. The Bertz CT molecular complexity index is 1470. The van der Waals surface area contributed by atoms with Gasteiger partial charge in [-0.05, 0) is 30.3 Å². The molecular formula is C25H19F2N5O4. The van der Waals surface area contributed by atoms with Crippen LogP contribution < -0.4 is 14.4 Å². The number of anilines is 1. The predicted molar refractivity (Wildman–Crippen MR) is 124 cm³/mol. The minimum Gasteiger partial charge on any atom is -0.485 e. The molecule has 2 aromatic heterocycles. The van der Waals surface area contributed by atoms with Crippen LogP contribution in [0.15, 0.2) is 60.8 Å². The molecule has 0 aliphatic carbocycles. The number of hydrogen-bond donors (Lipinski definition) is 0. The number of aromatic nitrogens is 3. The van der Waals surface area contributed by atoms with Crippen LogP contribution in [-0.4, -0.2) is 40.4 Å². The van der Waals surface area contributed by atoms with Gasteiger partial charge in [0.05, 0.1) is 35.8 Å². The second kappa shape index (κ2) is 9.87. The summed E-state index contributed by atoms with van der Waals surface area (Å²) in [5.74, 6) is 1.41. The third-order valence-electron chi connectivity index (χ3n) is 5.60. The number of alkyl halides is 2. The summed E-state index contributed by atoms with van der Waals surface area (Å²) in [6, 6.07) is 16.9. The van der Waals surface area contributed by atoms with Crippen LogP contribution in [0.1, 0.15) is 17.0 Å². The van der Waals surface area contributed by atoms with E-state index in [-0.39, 0.29) is 25.5 Å². The minimum atomic E-state index is -2.97. The van der Waals surface area contributed by atoms with Crippen molar-refractivity contribution in [2.75, 3.05) is 18.1 Å². The van der Waals surface area contributed by atoms with E-state index in [1.165, 1.54) is 17.2 Å². The van der Waals surface area contributed by atoms with Gasteiger partial charge < -0.3 is 18.8 Å². The summed E-state index contributed by atoms with van der Waals surface area (Å²) in [4.78, 5) is 22.1. The van der Waals surface area contributed by atoms with E-state index in [0.29, 0.717) is 46.1 Å². The number of ether oxygens (including phenoxy) is 3. The molecule has 0 saturated carbocycles. The van der Waals surface area contributed by atoms with Gasteiger partial charge in [-0.25, -0.2) is 14.8 Å². The van der Waals surface area contributed by atoms with E-state index in [2.05, 4.69) is 16.0 Å². The maximum absolute atomic E-state index is 13.0. The fourth-order valence-electron chi connectivity index (χ4n) is 3.93. The number of nitriles is 1. The van der Waals surface area contributed by atoms with Crippen LogP contribution in [0.2, 0.25) is 0 Å². The number of para-hydroxylation sites is 1. The van der Waals surface area contributed by atoms with Crippen molar-refractivity contribution in [3.63, 3.8) is 0 Å². The molecule has 0 radical (unpaired) electrons. The molecule has 0 spiro atoms. The first-order valence-electron chi connectivity index (χ1n) is 11.0. The van der Waals surface area contributed by atoms with E-state index in [1.807, 2.05) is 0 Å². The van der Waals surface area contributed by atoms with Crippen LogP contribution in [0.5, 0.6) is 11.5 Å². The first kappa shape index (κ1) is 23.0. The van der Waals surface area contributed by atoms with Gasteiger partial charge >= 0.3 is 12.7 Å². The minimum absolute atomic E-state index is 0.0301. The summed E-state index contributed by atoms with van der Waals surface area (Å²) in [5, 5.41) is 9.36. The lowest BCUT2D eigenvalue weighted by Gasteiger charge is -2.15. The van der Waals surface area contributed by atoms with E-state index in [9.17, 15) is 18.8 Å². The molecule has 4 aromatic rings. The lowest BCUT2D eigenvalue weighted by atomic mass is 10.2. The number of carbonyl (C=O) groups excluding carboxylic acids is 1. The number of imidazole rings is 1. The molecular weight excluding hydrogens is 472 g/mol. The Morgan fingerprint density at radius 3 is 2.81 bits per heavy atom. The highest BCUT2D eigenvalue weighted by Crippen LogP contribution is 2.27. The molecule has 3 heterocycles. The quantitative estimate of drug-likeness (QED) is 0.358. The van der Waals surface area contributed by atoms with Crippen molar-refractivity contribution >= 4 is 22.9 Å². The number of carbonyl (C=O) groups is 1. The fourth-order valence-corrected chi connectivity index (χ4v) is 3.93. The zero-order valence-electron chi connectivity index (χ0n) is 18.8. The van der Waals surface area contributed by atoms with Gasteiger partial charge in [0.15, 0.2) is 0 Å². The molecule has 2 aromatic carbocycles. The highest BCUT2D eigenvalue weighted by atomic mass is 19.3. The Labute approximate surface area is 204 Å². The third kappa shape index (κ3) is 4.74. The maximum Gasteiger partial charge on any atom is 0.415 e. The predicted octanol–water partition coefficient (Wildman–Crippen LogP) is 4.49. The van der Waals surface area contributed by atoms with Gasteiger partial charge in [-0.1, -0.05) is 18.2 Å². The summed E-state index contributed by atoms with van der Waals surface area (Å²) >= 11 is 0. The molecule has 5 rings (SSSR count). The van der Waals surface area contributed by atoms with Crippen molar-refractivity contribution < 1.29 is 27.8 Å². The second-order valence-electron chi connectivity index (χ2n) is 7.82. The van der Waals surface area contributed by atoms with Crippen LogP contribution in [0.3, 0.4) is 0 Å². The molecule has 0 unspecified atom stereocenters. The number of hydrogen-bond acceptors (Lipinski definition) is 7. The Hall–Kier alpha value is -4.72. The molecule has 1 amide bonds. The molecule has 1 aliphatic heterocycles. The van der Waals surface area contributed by atoms with E-state index >= 15 is 0 Å². The normalized spacial score (nSPS) is 13.2. The highest BCUT2D eigenvalue weighted by Gasteiger charge is 2.25. The van der Waals surface area contributed by atoms with E-state index < -0.39 is 12.7 Å². The molecule has 11 heteroatoms. The molecule has 1 fully saturated rings. The number of pyridine rings is 1. The largest absolute Gasteiger partial charge is 0.485 e.